The van der Waals surface area contributed by atoms with E-state index in [4.69, 9.17) is 10.6 Å². The number of hydrazine groups is 1. The quantitative estimate of drug-likeness (QED) is 0.337. The highest BCUT2D eigenvalue weighted by molar-refractivity contribution is 5.61. The fourth-order valence-electron chi connectivity index (χ4n) is 1.45. The van der Waals surface area contributed by atoms with Gasteiger partial charge in [0.25, 0.3) is 5.69 Å². The summed E-state index contributed by atoms with van der Waals surface area (Å²) in [6.07, 6.45) is 0.977. The molecule has 6 heteroatoms. The SMILES string of the molecule is CC(C)CCOCc1ccc(NN)c([N+](=O)[O-])c1. The van der Waals surface area contributed by atoms with E-state index in [9.17, 15) is 10.1 Å². The van der Waals surface area contributed by atoms with Gasteiger partial charge in [-0.1, -0.05) is 19.9 Å². The second kappa shape index (κ2) is 6.93. The average Bonchev–Trinajstić information content (AvgIpc) is 2.34. The van der Waals surface area contributed by atoms with Crippen LogP contribution >= 0.6 is 0 Å². The van der Waals surface area contributed by atoms with Crippen molar-refractivity contribution in [3.8, 4) is 0 Å². The number of ether oxygens (including phenoxy) is 1. The molecule has 0 amide bonds. The van der Waals surface area contributed by atoms with E-state index in [-0.39, 0.29) is 5.69 Å². The molecule has 3 N–H and O–H groups in total. The number of nitro groups is 1. The van der Waals surface area contributed by atoms with Crippen LogP contribution in [0.2, 0.25) is 0 Å². The van der Waals surface area contributed by atoms with Crippen molar-refractivity contribution in [2.75, 3.05) is 12.0 Å². The van der Waals surface area contributed by atoms with Crippen LogP contribution in [0.1, 0.15) is 25.8 Å². The van der Waals surface area contributed by atoms with Gasteiger partial charge in [-0.25, -0.2) is 0 Å². The van der Waals surface area contributed by atoms with Crippen molar-refractivity contribution in [2.24, 2.45) is 11.8 Å². The fourth-order valence-corrected chi connectivity index (χ4v) is 1.45. The molecule has 0 saturated heterocycles. The number of rotatable bonds is 7. The molecule has 100 valence electrons. The Kier molecular flexibility index (Phi) is 5.54. The molecule has 0 spiro atoms. The van der Waals surface area contributed by atoms with Crippen molar-refractivity contribution in [1.82, 2.24) is 0 Å². The molecule has 0 unspecified atom stereocenters. The molecule has 0 aliphatic heterocycles. The van der Waals surface area contributed by atoms with Crippen LogP contribution in [-0.2, 0) is 11.3 Å². The summed E-state index contributed by atoms with van der Waals surface area (Å²) in [6.45, 7) is 5.27. The summed E-state index contributed by atoms with van der Waals surface area (Å²) in [5, 5.41) is 10.8. The minimum Gasteiger partial charge on any atom is -0.377 e. The standard InChI is InChI=1S/C12H19N3O3/c1-9(2)5-6-18-8-10-3-4-11(14-13)12(7-10)15(16)17/h3-4,7,9,14H,5-6,8,13H2,1-2H3. The lowest BCUT2D eigenvalue weighted by Crippen LogP contribution is -2.09. The van der Waals surface area contributed by atoms with E-state index >= 15 is 0 Å². The van der Waals surface area contributed by atoms with E-state index in [1.54, 1.807) is 12.1 Å². The molecular weight excluding hydrogens is 234 g/mol. The molecule has 0 fully saturated rings. The van der Waals surface area contributed by atoms with Gasteiger partial charge in [-0.15, -0.1) is 0 Å². The molecule has 0 aliphatic rings. The molecule has 0 bridgehead atoms. The summed E-state index contributed by atoms with van der Waals surface area (Å²) in [4.78, 5) is 10.4. The number of hydrogen-bond acceptors (Lipinski definition) is 5. The van der Waals surface area contributed by atoms with Gasteiger partial charge in [0.1, 0.15) is 5.69 Å². The van der Waals surface area contributed by atoms with Gasteiger partial charge in [-0.2, -0.15) is 0 Å². The largest absolute Gasteiger partial charge is 0.377 e. The lowest BCUT2D eigenvalue weighted by Gasteiger charge is -2.08. The van der Waals surface area contributed by atoms with E-state index in [1.807, 2.05) is 0 Å². The van der Waals surface area contributed by atoms with Crippen LogP contribution in [0.15, 0.2) is 18.2 Å². The number of nitrogens with zero attached hydrogens (tertiary/aromatic N) is 1. The Balaban J connectivity index is 2.62. The predicted octanol–water partition coefficient (Wildman–Crippen LogP) is 2.44. The zero-order valence-corrected chi connectivity index (χ0v) is 10.7. The average molecular weight is 253 g/mol. The zero-order chi connectivity index (χ0) is 13.5. The van der Waals surface area contributed by atoms with Crippen LogP contribution in [0.3, 0.4) is 0 Å². The van der Waals surface area contributed by atoms with Crippen molar-refractivity contribution in [1.29, 1.82) is 0 Å². The first-order valence-electron chi connectivity index (χ1n) is 5.86. The van der Waals surface area contributed by atoms with Crippen LogP contribution in [0.25, 0.3) is 0 Å². The van der Waals surface area contributed by atoms with Gasteiger partial charge in [0, 0.05) is 12.7 Å². The van der Waals surface area contributed by atoms with Gasteiger partial charge < -0.3 is 10.2 Å². The molecule has 18 heavy (non-hydrogen) atoms. The predicted molar refractivity (Wildman–Crippen MR) is 70.0 cm³/mol. The van der Waals surface area contributed by atoms with Gasteiger partial charge in [-0.3, -0.25) is 16.0 Å². The monoisotopic (exact) mass is 253 g/mol. The molecule has 1 aromatic carbocycles. The minimum absolute atomic E-state index is 0.0394. The number of nitro benzene ring substituents is 1. The maximum atomic E-state index is 10.8. The highest BCUT2D eigenvalue weighted by Gasteiger charge is 2.13. The Morgan fingerprint density at radius 2 is 2.22 bits per heavy atom. The summed E-state index contributed by atoms with van der Waals surface area (Å²) in [6, 6.07) is 4.82. The Morgan fingerprint density at radius 1 is 1.50 bits per heavy atom. The molecule has 0 atom stereocenters. The fraction of sp³-hybridized carbons (Fsp3) is 0.500. The van der Waals surface area contributed by atoms with Gasteiger partial charge in [-0.05, 0) is 24.0 Å². The lowest BCUT2D eigenvalue weighted by molar-refractivity contribution is -0.384. The number of hydrogen-bond donors (Lipinski definition) is 2. The molecule has 6 nitrogen and oxygen atoms in total. The highest BCUT2D eigenvalue weighted by atomic mass is 16.6. The second-order valence-electron chi connectivity index (χ2n) is 4.49. The highest BCUT2D eigenvalue weighted by Crippen LogP contribution is 2.24. The summed E-state index contributed by atoms with van der Waals surface area (Å²) in [5.74, 6) is 5.79. The van der Waals surface area contributed by atoms with Crippen molar-refractivity contribution in [2.45, 2.75) is 26.9 Å². The van der Waals surface area contributed by atoms with Crippen LogP contribution in [0, 0.1) is 16.0 Å². The van der Waals surface area contributed by atoms with Crippen molar-refractivity contribution in [3.63, 3.8) is 0 Å². The Hall–Kier alpha value is -1.66. The molecular formula is C12H19N3O3. The van der Waals surface area contributed by atoms with Gasteiger partial charge >= 0.3 is 0 Å². The third-order valence-electron chi connectivity index (χ3n) is 2.52. The number of nitrogens with two attached hydrogens (primary N) is 1. The first kappa shape index (κ1) is 14.4. The lowest BCUT2D eigenvalue weighted by atomic mass is 10.1. The van der Waals surface area contributed by atoms with Crippen LogP contribution in [0.5, 0.6) is 0 Å². The Bertz CT molecular complexity index is 408. The maximum Gasteiger partial charge on any atom is 0.294 e. The van der Waals surface area contributed by atoms with Gasteiger partial charge in [0.05, 0.1) is 11.5 Å². The van der Waals surface area contributed by atoms with E-state index in [1.165, 1.54) is 6.07 Å². The third kappa shape index (κ3) is 4.31. The van der Waals surface area contributed by atoms with Crippen molar-refractivity contribution in [3.05, 3.63) is 33.9 Å². The summed E-state index contributed by atoms with van der Waals surface area (Å²) < 4.78 is 5.46. The first-order chi connectivity index (χ1) is 8.54. The minimum atomic E-state index is -0.465. The molecule has 1 rings (SSSR count). The molecule has 0 saturated carbocycles. The number of anilines is 1. The van der Waals surface area contributed by atoms with Crippen LogP contribution in [0.4, 0.5) is 11.4 Å². The number of nitrogen functional groups attached to an aromatic ring is 1. The van der Waals surface area contributed by atoms with E-state index < -0.39 is 4.92 Å². The zero-order valence-electron chi connectivity index (χ0n) is 10.7. The topological polar surface area (TPSA) is 90.4 Å². The molecule has 0 aliphatic carbocycles. The molecule has 0 heterocycles. The normalized spacial score (nSPS) is 10.7. The number of benzene rings is 1. The van der Waals surface area contributed by atoms with Gasteiger partial charge in [0.2, 0.25) is 0 Å². The smallest absolute Gasteiger partial charge is 0.294 e. The van der Waals surface area contributed by atoms with Crippen LogP contribution < -0.4 is 11.3 Å². The second-order valence-corrected chi connectivity index (χ2v) is 4.49. The van der Waals surface area contributed by atoms with Crippen LogP contribution in [-0.4, -0.2) is 11.5 Å². The van der Waals surface area contributed by atoms with E-state index in [2.05, 4.69) is 19.3 Å². The molecule has 0 aromatic heterocycles. The van der Waals surface area contributed by atoms with E-state index in [0.29, 0.717) is 24.8 Å². The third-order valence-corrected chi connectivity index (χ3v) is 2.52. The maximum absolute atomic E-state index is 10.8. The Labute approximate surface area is 106 Å². The summed E-state index contributed by atoms with van der Waals surface area (Å²) in [7, 11) is 0. The molecule has 1 aromatic rings. The summed E-state index contributed by atoms with van der Waals surface area (Å²) in [5.41, 5.74) is 3.33. The first-order valence-corrected chi connectivity index (χ1v) is 5.86. The van der Waals surface area contributed by atoms with Gasteiger partial charge in [0.15, 0.2) is 0 Å². The Morgan fingerprint density at radius 3 is 2.78 bits per heavy atom. The van der Waals surface area contributed by atoms with E-state index in [0.717, 1.165) is 12.0 Å². The van der Waals surface area contributed by atoms with Crippen molar-refractivity contribution < 1.29 is 9.66 Å². The van der Waals surface area contributed by atoms with Crippen molar-refractivity contribution >= 4 is 11.4 Å². The molecule has 0 radical (unpaired) electrons. The summed E-state index contributed by atoms with van der Waals surface area (Å²) >= 11 is 0. The number of nitrogens with one attached hydrogen (secondary N) is 1.